The largest absolute Gasteiger partial charge is 0.462 e. The van der Waals surface area contributed by atoms with E-state index in [0.717, 1.165) is 35.1 Å². The van der Waals surface area contributed by atoms with Crippen LogP contribution >= 0.6 is 11.6 Å². The minimum Gasteiger partial charge on any atom is -0.462 e. The summed E-state index contributed by atoms with van der Waals surface area (Å²) in [5, 5.41) is 0.757. The van der Waals surface area contributed by atoms with Crippen molar-refractivity contribution in [1.29, 1.82) is 0 Å². The normalized spacial score (nSPS) is 17.7. The number of hydrogen-bond acceptors (Lipinski definition) is 2. The van der Waals surface area contributed by atoms with E-state index in [0.29, 0.717) is 0 Å². The Bertz CT molecular complexity index is 465. The van der Waals surface area contributed by atoms with Gasteiger partial charge in [0.25, 0.3) is 0 Å². The summed E-state index contributed by atoms with van der Waals surface area (Å²) >= 11 is 5.97. The molecule has 0 N–H and O–H groups in total. The van der Waals surface area contributed by atoms with E-state index in [1.54, 1.807) is 6.26 Å². The van der Waals surface area contributed by atoms with E-state index in [2.05, 4.69) is 17.1 Å². The predicted molar refractivity (Wildman–Crippen MR) is 59.7 cm³/mol. The lowest BCUT2D eigenvalue weighted by molar-refractivity contribution is 0.399. The molecule has 0 radical (unpaired) electrons. The van der Waals surface area contributed by atoms with Crippen molar-refractivity contribution in [2.75, 3.05) is 6.54 Å². The SMILES string of the molecule is Clc1ccc2c(c1)CN1CC=CC1=CO2. The molecule has 2 nitrogen and oxygen atoms in total. The molecule has 0 fully saturated rings. The third kappa shape index (κ3) is 1.51. The summed E-state index contributed by atoms with van der Waals surface area (Å²) in [6.07, 6.45) is 6.00. The van der Waals surface area contributed by atoms with Crippen LogP contribution in [0.15, 0.2) is 42.3 Å². The number of rotatable bonds is 0. The Morgan fingerprint density at radius 3 is 3.20 bits per heavy atom. The molecule has 0 saturated carbocycles. The van der Waals surface area contributed by atoms with Gasteiger partial charge in [-0.15, -0.1) is 0 Å². The van der Waals surface area contributed by atoms with Crippen LogP contribution < -0.4 is 4.74 Å². The van der Waals surface area contributed by atoms with Gasteiger partial charge in [0.05, 0.1) is 5.70 Å². The molecule has 0 unspecified atom stereocenters. The van der Waals surface area contributed by atoms with Gasteiger partial charge in [0.2, 0.25) is 0 Å². The Hall–Kier alpha value is -1.41. The number of fused-ring (bicyclic) bond motifs is 2. The quantitative estimate of drug-likeness (QED) is 0.665. The fourth-order valence-corrected chi connectivity index (χ4v) is 2.09. The van der Waals surface area contributed by atoms with Crippen molar-refractivity contribution in [3.8, 4) is 5.75 Å². The van der Waals surface area contributed by atoms with Gasteiger partial charge in [0, 0.05) is 23.7 Å². The number of halogens is 1. The first-order chi connectivity index (χ1) is 7.33. The average Bonchev–Trinajstić information content (AvgIpc) is 2.58. The number of nitrogens with zero attached hydrogens (tertiary/aromatic N) is 1. The molecule has 0 aliphatic carbocycles. The zero-order chi connectivity index (χ0) is 10.3. The summed E-state index contributed by atoms with van der Waals surface area (Å²) < 4.78 is 5.60. The average molecular weight is 220 g/mol. The van der Waals surface area contributed by atoms with Crippen molar-refractivity contribution in [1.82, 2.24) is 4.90 Å². The smallest absolute Gasteiger partial charge is 0.131 e. The number of allylic oxidation sites excluding steroid dienone is 1. The Morgan fingerprint density at radius 2 is 2.27 bits per heavy atom. The van der Waals surface area contributed by atoms with Gasteiger partial charge in [-0.25, -0.2) is 0 Å². The maximum atomic E-state index is 5.97. The van der Waals surface area contributed by atoms with Crippen molar-refractivity contribution < 1.29 is 4.74 Å². The van der Waals surface area contributed by atoms with Crippen LogP contribution in [0.3, 0.4) is 0 Å². The minimum absolute atomic E-state index is 0.757. The fourth-order valence-electron chi connectivity index (χ4n) is 1.90. The van der Waals surface area contributed by atoms with Gasteiger partial charge < -0.3 is 9.64 Å². The molecule has 2 aliphatic heterocycles. The molecule has 0 saturated heterocycles. The summed E-state index contributed by atoms with van der Waals surface area (Å²) in [6.45, 7) is 1.80. The molecule has 2 heterocycles. The highest BCUT2D eigenvalue weighted by Gasteiger charge is 2.18. The molecule has 1 aromatic carbocycles. The van der Waals surface area contributed by atoms with Crippen molar-refractivity contribution >= 4 is 11.6 Å². The van der Waals surface area contributed by atoms with Crippen LogP contribution in [-0.2, 0) is 6.54 Å². The maximum Gasteiger partial charge on any atom is 0.131 e. The maximum absolute atomic E-state index is 5.97. The third-order valence-corrected chi connectivity index (χ3v) is 2.91. The van der Waals surface area contributed by atoms with E-state index >= 15 is 0 Å². The first-order valence-electron chi connectivity index (χ1n) is 4.90. The Morgan fingerprint density at radius 1 is 1.33 bits per heavy atom. The van der Waals surface area contributed by atoms with Gasteiger partial charge in [-0.05, 0) is 24.3 Å². The van der Waals surface area contributed by atoms with E-state index < -0.39 is 0 Å². The highest BCUT2D eigenvalue weighted by Crippen LogP contribution is 2.30. The van der Waals surface area contributed by atoms with E-state index in [1.165, 1.54) is 0 Å². The van der Waals surface area contributed by atoms with Crippen molar-refractivity contribution in [3.05, 3.63) is 52.9 Å². The summed E-state index contributed by atoms with van der Waals surface area (Å²) in [6, 6.07) is 5.73. The molecule has 0 spiro atoms. The summed E-state index contributed by atoms with van der Waals surface area (Å²) in [5.41, 5.74) is 2.26. The summed E-state index contributed by atoms with van der Waals surface area (Å²) in [5.74, 6) is 0.898. The van der Waals surface area contributed by atoms with Gasteiger partial charge in [-0.1, -0.05) is 17.7 Å². The molecule has 2 aliphatic rings. The van der Waals surface area contributed by atoms with Gasteiger partial charge in [0.1, 0.15) is 12.0 Å². The summed E-state index contributed by atoms with van der Waals surface area (Å²) in [4.78, 5) is 2.25. The molecular weight excluding hydrogens is 210 g/mol. The molecule has 3 heteroatoms. The molecule has 3 rings (SSSR count). The van der Waals surface area contributed by atoms with E-state index in [-0.39, 0.29) is 0 Å². The molecule has 0 atom stereocenters. The number of benzene rings is 1. The third-order valence-electron chi connectivity index (χ3n) is 2.67. The van der Waals surface area contributed by atoms with E-state index in [9.17, 15) is 0 Å². The van der Waals surface area contributed by atoms with Gasteiger partial charge in [0.15, 0.2) is 0 Å². The van der Waals surface area contributed by atoms with Gasteiger partial charge >= 0.3 is 0 Å². The van der Waals surface area contributed by atoms with Crippen LogP contribution in [0.1, 0.15) is 5.56 Å². The van der Waals surface area contributed by atoms with Crippen LogP contribution in [0.5, 0.6) is 5.75 Å². The second kappa shape index (κ2) is 3.31. The predicted octanol–water partition coefficient (Wildman–Crippen LogP) is 2.95. The van der Waals surface area contributed by atoms with Crippen LogP contribution in [0.2, 0.25) is 5.02 Å². The highest BCUT2D eigenvalue weighted by molar-refractivity contribution is 6.30. The Kier molecular flexibility index (Phi) is 1.96. The molecular formula is C12H10ClNO. The molecule has 76 valence electrons. The van der Waals surface area contributed by atoms with Crippen LogP contribution in [0, 0.1) is 0 Å². The molecule has 1 aromatic rings. The monoisotopic (exact) mass is 219 g/mol. The standard InChI is InChI=1S/C12H10ClNO/c13-10-3-4-12-9(6-10)7-14-5-1-2-11(14)8-15-12/h1-4,6,8H,5,7H2. The number of ether oxygens (including phenoxy) is 1. The second-order valence-electron chi connectivity index (χ2n) is 3.70. The minimum atomic E-state index is 0.757. The summed E-state index contributed by atoms with van der Waals surface area (Å²) in [7, 11) is 0. The fraction of sp³-hybridized carbons (Fsp3) is 0.167. The molecule has 0 bridgehead atoms. The van der Waals surface area contributed by atoms with Crippen LogP contribution in [0.25, 0.3) is 0 Å². The topological polar surface area (TPSA) is 12.5 Å². The van der Waals surface area contributed by atoms with Crippen molar-refractivity contribution in [2.45, 2.75) is 6.54 Å². The number of hydrogen-bond donors (Lipinski definition) is 0. The Balaban J connectivity index is 2.03. The molecule has 15 heavy (non-hydrogen) atoms. The van der Waals surface area contributed by atoms with E-state index in [1.807, 2.05) is 18.2 Å². The Labute approximate surface area is 93.4 Å². The second-order valence-corrected chi connectivity index (χ2v) is 4.13. The van der Waals surface area contributed by atoms with Gasteiger partial charge in [-0.2, -0.15) is 0 Å². The highest BCUT2D eigenvalue weighted by atomic mass is 35.5. The van der Waals surface area contributed by atoms with Crippen LogP contribution in [-0.4, -0.2) is 11.4 Å². The lowest BCUT2D eigenvalue weighted by Gasteiger charge is -2.17. The molecule has 0 amide bonds. The van der Waals surface area contributed by atoms with Gasteiger partial charge in [-0.3, -0.25) is 0 Å². The first kappa shape index (κ1) is 8.86. The first-order valence-corrected chi connectivity index (χ1v) is 5.27. The van der Waals surface area contributed by atoms with E-state index in [4.69, 9.17) is 16.3 Å². The zero-order valence-electron chi connectivity index (χ0n) is 8.11. The lowest BCUT2D eigenvalue weighted by atomic mass is 10.2. The molecule has 0 aromatic heterocycles. The zero-order valence-corrected chi connectivity index (χ0v) is 8.87. The van der Waals surface area contributed by atoms with Crippen molar-refractivity contribution in [3.63, 3.8) is 0 Å². The van der Waals surface area contributed by atoms with Crippen molar-refractivity contribution in [2.24, 2.45) is 0 Å². The lowest BCUT2D eigenvalue weighted by Crippen LogP contribution is -2.16. The van der Waals surface area contributed by atoms with Crippen LogP contribution in [0.4, 0.5) is 0 Å².